The van der Waals surface area contributed by atoms with Gasteiger partial charge in [0.05, 0.1) is 0 Å². The highest BCUT2D eigenvalue weighted by atomic mass is 16.2. The van der Waals surface area contributed by atoms with Gasteiger partial charge in [0, 0.05) is 36.1 Å². The number of aromatic amines is 1. The third-order valence-corrected chi connectivity index (χ3v) is 8.61. The quantitative estimate of drug-likeness (QED) is 0.646. The molecule has 3 fully saturated rings. The van der Waals surface area contributed by atoms with Gasteiger partial charge in [-0.15, -0.1) is 0 Å². The molecule has 4 unspecified atom stereocenters. The molecule has 0 bridgehead atoms. The number of hydrogen-bond acceptors (Lipinski definition) is 1. The summed E-state index contributed by atoms with van der Waals surface area (Å²) >= 11 is 0. The second kappa shape index (κ2) is 7.18. The molecule has 1 N–H and O–H groups in total. The number of nitrogens with one attached hydrogen (secondary N) is 1. The smallest absolute Gasteiger partial charge is 0.223 e. The fourth-order valence-corrected chi connectivity index (χ4v) is 6.47. The Balaban J connectivity index is 1.38. The minimum absolute atomic E-state index is 0.255. The summed E-state index contributed by atoms with van der Waals surface area (Å²) in [4.78, 5) is 19.3. The molecule has 0 spiro atoms. The third-order valence-electron chi connectivity index (χ3n) is 8.61. The van der Waals surface area contributed by atoms with Gasteiger partial charge in [-0.2, -0.15) is 0 Å². The Morgan fingerprint density at radius 1 is 1.24 bits per heavy atom. The standard InChI is InChI=1S/C26H36N2O/c1-17(21-16-27-22-9-5-8-20(25(21)22)19-11-12-19)15-24(29)28-14-6-13-26(3)18(2)7-4-10-23(26)28/h5,8-9,16-19,23,27H,4,6-7,10-15H2,1-3H3. The molecule has 1 aromatic heterocycles. The third kappa shape index (κ3) is 3.21. The first-order valence-corrected chi connectivity index (χ1v) is 11.9. The van der Waals surface area contributed by atoms with Crippen LogP contribution in [0.1, 0.15) is 95.1 Å². The number of benzene rings is 1. The zero-order valence-electron chi connectivity index (χ0n) is 18.3. The minimum Gasteiger partial charge on any atom is -0.361 e. The fraction of sp³-hybridized carbons (Fsp3) is 0.654. The highest BCUT2D eigenvalue weighted by molar-refractivity contribution is 5.89. The van der Waals surface area contributed by atoms with Crippen LogP contribution in [0.25, 0.3) is 10.9 Å². The van der Waals surface area contributed by atoms with Crippen molar-refractivity contribution in [1.29, 1.82) is 0 Å². The van der Waals surface area contributed by atoms with E-state index in [1.54, 1.807) is 0 Å². The molecule has 1 saturated heterocycles. The van der Waals surface area contributed by atoms with Crippen molar-refractivity contribution in [2.24, 2.45) is 11.3 Å². The van der Waals surface area contributed by atoms with Crippen molar-refractivity contribution in [3.63, 3.8) is 0 Å². The average Bonchev–Trinajstić information content (AvgIpc) is 3.46. The van der Waals surface area contributed by atoms with Gasteiger partial charge in [0.15, 0.2) is 0 Å². The molecule has 29 heavy (non-hydrogen) atoms. The van der Waals surface area contributed by atoms with Gasteiger partial charge in [0.25, 0.3) is 0 Å². The lowest BCUT2D eigenvalue weighted by molar-refractivity contribution is -0.144. The molecular formula is C26H36N2O. The van der Waals surface area contributed by atoms with Gasteiger partial charge < -0.3 is 9.88 Å². The van der Waals surface area contributed by atoms with E-state index in [2.05, 4.69) is 55.1 Å². The molecule has 4 atom stereocenters. The topological polar surface area (TPSA) is 36.1 Å². The zero-order chi connectivity index (χ0) is 20.2. The van der Waals surface area contributed by atoms with Crippen molar-refractivity contribution >= 4 is 16.8 Å². The molecule has 156 valence electrons. The highest BCUT2D eigenvalue weighted by Crippen LogP contribution is 2.49. The van der Waals surface area contributed by atoms with Crippen LogP contribution in [0.3, 0.4) is 0 Å². The van der Waals surface area contributed by atoms with Gasteiger partial charge in [0.1, 0.15) is 0 Å². The van der Waals surface area contributed by atoms with Crippen molar-refractivity contribution in [2.45, 2.75) is 90.0 Å². The molecule has 2 aromatic rings. The van der Waals surface area contributed by atoms with E-state index in [4.69, 9.17) is 0 Å². The predicted octanol–water partition coefficient (Wildman–Crippen LogP) is 6.36. The van der Waals surface area contributed by atoms with E-state index in [0.29, 0.717) is 23.8 Å². The molecule has 3 heteroatoms. The summed E-state index contributed by atoms with van der Waals surface area (Å²) in [5.74, 6) is 2.08. The van der Waals surface area contributed by atoms with Crippen molar-refractivity contribution in [3.05, 3.63) is 35.5 Å². The molecule has 1 amide bonds. The van der Waals surface area contributed by atoms with E-state index < -0.39 is 0 Å². The minimum atomic E-state index is 0.255. The van der Waals surface area contributed by atoms with Crippen LogP contribution in [0.15, 0.2) is 24.4 Å². The highest BCUT2D eigenvalue weighted by Gasteiger charge is 2.47. The molecule has 2 saturated carbocycles. The Morgan fingerprint density at radius 2 is 2.07 bits per heavy atom. The molecule has 2 aliphatic carbocycles. The normalized spacial score (nSPS) is 30.9. The lowest BCUT2D eigenvalue weighted by atomic mass is 9.61. The van der Waals surface area contributed by atoms with Crippen molar-refractivity contribution in [3.8, 4) is 0 Å². The summed E-state index contributed by atoms with van der Waals surface area (Å²) in [5, 5.41) is 1.39. The molecular weight excluding hydrogens is 356 g/mol. The van der Waals surface area contributed by atoms with Crippen LogP contribution >= 0.6 is 0 Å². The summed E-state index contributed by atoms with van der Waals surface area (Å²) < 4.78 is 0. The van der Waals surface area contributed by atoms with E-state index >= 15 is 0 Å². The number of piperidine rings is 1. The first-order chi connectivity index (χ1) is 14.0. The monoisotopic (exact) mass is 392 g/mol. The van der Waals surface area contributed by atoms with Crippen LogP contribution < -0.4 is 0 Å². The van der Waals surface area contributed by atoms with Gasteiger partial charge in [-0.25, -0.2) is 0 Å². The molecule has 3 nitrogen and oxygen atoms in total. The molecule has 1 aromatic carbocycles. The summed E-state index contributed by atoms with van der Waals surface area (Å²) in [7, 11) is 0. The first-order valence-electron chi connectivity index (χ1n) is 11.9. The van der Waals surface area contributed by atoms with E-state index in [-0.39, 0.29) is 5.92 Å². The average molecular weight is 393 g/mol. The first kappa shape index (κ1) is 19.2. The number of carbonyl (C=O) groups excluding carboxylic acids is 1. The number of fused-ring (bicyclic) bond motifs is 2. The predicted molar refractivity (Wildman–Crippen MR) is 119 cm³/mol. The van der Waals surface area contributed by atoms with Gasteiger partial charge in [-0.3, -0.25) is 4.79 Å². The van der Waals surface area contributed by atoms with Crippen LogP contribution in [0.4, 0.5) is 0 Å². The van der Waals surface area contributed by atoms with Gasteiger partial charge in [-0.1, -0.05) is 45.7 Å². The maximum Gasteiger partial charge on any atom is 0.223 e. The Morgan fingerprint density at radius 3 is 2.86 bits per heavy atom. The summed E-state index contributed by atoms with van der Waals surface area (Å²) in [6.07, 6.45) is 11.7. The van der Waals surface area contributed by atoms with Gasteiger partial charge in [0.2, 0.25) is 5.91 Å². The molecule has 1 aliphatic heterocycles. The van der Waals surface area contributed by atoms with E-state index in [0.717, 1.165) is 24.8 Å². The van der Waals surface area contributed by atoms with E-state index in [1.165, 1.54) is 60.6 Å². The number of rotatable bonds is 4. The van der Waals surface area contributed by atoms with Crippen molar-refractivity contribution < 1.29 is 4.79 Å². The molecule has 0 radical (unpaired) electrons. The number of aromatic nitrogens is 1. The molecule has 3 aliphatic rings. The lowest BCUT2D eigenvalue weighted by Crippen LogP contribution is -2.57. The Hall–Kier alpha value is -1.77. The maximum absolute atomic E-state index is 13.5. The molecule has 5 rings (SSSR count). The number of hydrogen-bond donors (Lipinski definition) is 1. The summed E-state index contributed by atoms with van der Waals surface area (Å²) in [6.45, 7) is 8.07. The Labute approximate surface area is 175 Å². The fourth-order valence-electron chi connectivity index (χ4n) is 6.47. The van der Waals surface area contributed by atoms with E-state index in [9.17, 15) is 4.79 Å². The van der Waals surface area contributed by atoms with Crippen LogP contribution in [0, 0.1) is 11.3 Å². The Kier molecular flexibility index (Phi) is 4.75. The maximum atomic E-state index is 13.5. The van der Waals surface area contributed by atoms with Gasteiger partial charge >= 0.3 is 0 Å². The lowest BCUT2D eigenvalue weighted by Gasteiger charge is -2.54. The summed E-state index contributed by atoms with van der Waals surface area (Å²) in [5.41, 5.74) is 4.38. The number of nitrogens with zero attached hydrogens (tertiary/aromatic N) is 1. The largest absolute Gasteiger partial charge is 0.361 e. The number of likely N-dealkylation sites (tertiary alicyclic amines) is 1. The van der Waals surface area contributed by atoms with Crippen molar-refractivity contribution in [1.82, 2.24) is 9.88 Å². The SMILES string of the molecule is CC(CC(=O)N1CCCC2(C)C(C)CCCC12)c1c[nH]c2cccc(C3CC3)c12. The number of H-pyrrole nitrogens is 1. The summed E-state index contributed by atoms with van der Waals surface area (Å²) in [6, 6.07) is 7.10. The van der Waals surface area contributed by atoms with Gasteiger partial charge in [-0.05, 0) is 72.5 Å². The number of amides is 1. The second-order valence-electron chi connectivity index (χ2n) is 10.4. The van der Waals surface area contributed by atoms with Crippen LogP contribution in [-0.2, 0) is 4.79 Å². The van der Waals surface area contributed by atoms with E-state index in [1.807, 2.05) is 0 Å². The Bertz CT molecular complexity index is 911. The zero-order valence-corrected chi connectivity index (χ0v) is 18.3. The van der Waals surface area contributed by atoms with Crippen molar-refractivity contribution in [2.75, 3.05) is 6.54 Å². The molecule has 2 heterocycles. The van der Waals surface area contributed by atoms with Crippen LogP contribution in [-0.4, -0.2) is 28.4 Å². The van der Waals surface area contributed by atoms with Crippen LogP contribution in [0.5, 0.6) is 0 Å². The van der Waals surface area contributed by atoms with Crippen LogP contribution in [0.2, 0.25) is 0 Å². The second-order valence-corrected chi connectivity index (χ2v) is 10.4. The number of carbonyl (C=O) groups is 1.